The summed E-state index contributed by atoms with van der Waals surface area (Å²) in [7, 11) is 0. The van der Waals surface area contributed by atoms with Crippen LogP contribution in [-0.4, -0.2) is 0 Å². The van der Waals surface area contributed by atoms with Crippen molar-refractivity contribution in [2.45, 2.75) is 19.1 Å². The first-order chi connectivity index (χ1) is 9.79. The zero-order valence-electron chi connectivity index (χ0n) is 11.0. The number of halogens is 5. The number of rotatable bonds is 3. The van der Waals surface area contributed by atoms with Gasteiger partial charge in [-0.1, -0.05) is 29.8 Å². The minimum Gasteiger partial charge on any atom is -0.377 e. The average Bonchev–Trinajstić information content (AvgIpc) is 2.40. The molecule has 1 atom stereocenters. The maximum absolute atomic E-state index is 13.7. The van der Waals surface area contributed by atoms with Gasteiger partial charge in [0, 0.05) is 5.56 Å². The fourth-order valence-electron chi connectivity index (χ4n) is 1.95. The third kappa shape index (κ3) is 3.67. The Bertz CT molecular complexity index is 640. The molecule has 0 aliphatic carbocycles. The quantitative estimate of drug-likeness (QED) is 0.719. The molecule has 6 heteroatoms. The standard InChI is InChI=1S/C15H12ClF4N/c1-9(11-4-2-3-5-13(11)17)21-14-8-10(15(18,19)20)6-7-12(14)16/h2-9,21H,1H3. The lowest BCUT2D eigenvalue weighted by Gasteiger charge is -2.18. The summed E-state index contributed by atoms with van der Waals surface area (Å²) >= 11 is 5.89. The molecule has 0 aliphatic heterocycles. The molecule has 0 fully saturated rings. The van der Waals surface area contributed by atoms with Crippen LogP contribution in [0.1, 0.15) is 24.1 Å². The van der Waals surface area contributed by atoms with Crippen molar-refractivity contribution < 1.29 is 17.6 Å². The first kappa shape index (κ1) is 15.6. The summed E-state index contributed by atoms with van der Waals surface area (Å²) in [4.78, 5) is 0. The van der Waals surface area contributed by atoms with Crippen molar-refractivity contribution in [2.75, 3.05) is 5.32 Å². The minimum absolute atomic E-state index is 0.113. The Labute approximate surface area is 124 Å². The van der Waals surface area contributed by atoms with Gasteiger partial charge in [-0.15, -0.1) is 0 Å². The second-order valence-corrected chi connectivity index (χ2v) is 4.99. The molecule has 112 valence electrons. The summed E-state index contributed by atoms with van der Waals surface area (Å²) in [6.45, 7) is 1.65. The van der Waals surface area contributed by atoms with Crippen LogP contribution in [0, 0.1) is 5.82 Å². The van der Waals surface area contributed by atoms with Gasteiger partial charge in [0.1, 0.15) is 5.82 Å². The summed E-state index contributed by atoms with van der Waals surface area (Å²) in [5.41, 5.74) is -0.344. The molecule has 1 nitrogen and oxygen atoms in total. The predicted octanol–water partition coefficient (Wildman–Crippen LogP) is 5.67. The van der Waals surface area contributed by atoms with Crippen LogP contribution in [0.15, 0.2) is 42.5 Å². The molecule has 0 radical (unpaired) electrons. The fourth-order valence-corrected chi connectivity index (χ4v) is 2.12. The van der Waals surface area contributed by atoms with Crippen LogP contribution < -0.4 is 5.32 Å². The van der Waals surface area contributed by atoms with Crippen LogP contribution in [0.5, 0.6) is 0 Å². The van der Waals surface area contributed by atoms with Crippen LogP contribution in [0.2, 0.25) is 5.02 Å². The first-order valence-corrected chi connectivity index (χ1v) is 6.54. The van der Waals surface area contributed by atoms with Gasteiger partial charge in [-0.2, -0.15) is 13.2 Å². The molecule has 1 unspecified atom stereocenters. The molecule has 0 saturated carbocycles. The largest absolute Gasteiger partial charge is 0.416 e. The summed E-state index contributed by atoms with van der Waals surface area (Å²) in [6, 6.07) is 8.53. The van der Waals surface area contributed by atoms with Crippen LogP contribution in [0.25, 0.3) is 0 Å². The van der Waals surface area contributed by atoms with Crippen LogP contribution in [-0.2, 0) is 6.18 Å². The van der Waals surface area contributed by atoms with Crippen molar-refractivity contribution in [2.24, 2.45) is 0 Å². The fraction of sp³-hybridized carbons (Fsp3) is 0.200. The normalized spacial score (nSPS) is 13.0. The van der Waals surface area contributed by atoms with E-state index in [9.17, 15) is 17.6 Å². The second kappa shape index (κ2) is 5.93. The van der Waals surface area contributed by atoms with E-state index in [1.165, 1.54) is 12.1 Å². The van der Waals surface area contributed by atoms with E-state index in [-0.39, 0.29) is 10.7 Å². The van der Waals surface area contributed by atoms with Crippen molar-refractivity contribution in [3.63, 3.8) is 0 Å². The SMILES string of the molecule is CC(Nc1cc(C(F)(F)F)ccc1Cl)c1ccccc1F. The van der Waals surface area contributed by atoms with Crippen molar-refractivity contribution in [1.82, 2.24) is 0 Å². The molecule has 21 heavy (non-hydrogen) atoms. The highest BCUT2D eigenvalue weighted by atomic mass is 35.5. The van der Waals surface area contributed by atoms with E-state index in [1.807, 2.05) is 0 Å². The second-order valence-electron chi connectivity index (χ2n) is 4.58. The Morgan fingerprint density at radius 1 is 1.10 bits per heavy atom. The molecule has 0 bridgehead atoms. The lowest BCUT2D eigenvalue weighted by atomic mass is 10.1. The molecule has 0 aromatic heterocycles. The van der Waals surface area contributed by atoms with E-state index >= 15 is 0 Å². The van der Waals surface area contributed by atoms with E-state index in [1.54, 1.807) is 25.1 Å². The molecule has 0 spiro atoms. The predicted molar refractivity (Wildman–Crippen MR) is 74.9 cm³/mol. The Hall–Kier alpha value is -1.75. The number of hydrogen-bond donors (Lipinski definition) is 1. The third-order valence-corrected chi connectivity index (χ3v) is 3.37. The lowest BCUT2D eigenvalue weighted by Crippen LogP contribution is -2.11. The van der Waals surface area contributed by atoms with E-state index in [0.717, 1.165) is 12.1 Å². The molecule has 2 aromatic rings. The van der Waals surface area contributed by atoms with E-state index in [0.29, 0.717) is 5.56 Å². The lowest BCUT2D eigenvalue weighted by molar-refractivity contribution is -0.137. The van der Waals surface area contributed by atoms with Gasteiger partial charge in [-0.3, -0.25) is 0 Å². The highest BCUT2D eigenvalue weighted by molar-refractivity contribution is 6.33. The molecule has 0 aliphatic rings. The molecule has 0 amide bonds. The van der Waals surface area contributed by atoms with Gasteiger partial charge >= 0.3 is 6.18 Å². The zero-order valence-corrected chi connectivity index (χ0v) is 11.8. The molecular weight excluding hydrogens is 306 g/mol. The molecule has 0 saturated heterocycles. The maximum Gasteiger partial charge on any atom is 0.416 e. The van der Waals surface area contributed by atoms with Gasteiger partial charge < -0.3 is 5.32 Å². The van der Waals surface area contributed by atoms with E-state index in [4.69, 9.17) is 11.6 Å². The number of nitrogens with one attached hydrogen (secondary N) is 1. The monoisotopic (exact) mass is 317 g/mol. The summed E-state index contributed by atoms with van der Waals surface area (Å²) in [6.07, 6.45) is -4.46. The molecular formula is C15H12ClF4N. The highest BCUT2D eigenvalue weighted by Gasteiger charge is 2.31. The maximum atomic E-state index is 13.7. The molecule has 2 rings (SSSR count). The van der Waals surface area contributed by atoms with Crippen molar-refractivity contribution >= 4 is 17.3 Å². The molecule has 0 heterocycles. The van der Waals surface area contributed by atoms with Crippen molar-refractivity contribution in [3.05, 3.63) is 64.4 Å². The summed E-state index contributed by atoms with van der Waals surface area (Å²) in [5, 5.41) is 2.95. The van der Waals surface area contributed by atoms with Gasteiger partial charge in [0.25, 0.3) is 0 Å². The van der Waals surface area contributed by atoms with Gasteiger partial charge in [0.05, 0.1) is 22.3 Å². The van der Waals surface area contributed by atoms with E-state index in [2.05, 4.69) is 5.32 Å². The van der Waals surface area contributed by atoms with Gasteiger partial charge in [0.15, 0.2) is 0 Å². The Balaban J connectivity index is 2.29. The highest BCUT2D eigenvalue weighted by Crippen LogP contribution is 2.35. The average molecular weight is 318 g/mol. The summed E-state index contributed by atoms with van der Waals surface area (Å²) < 4.78 is 51.7. The third-order valence-electron chi connectivity index (χ3n) is 3.04. The molecule has 2 aromatic carbocycles. The number of anilines is 1. The number of benzene rings is 2. The Kier molecular flexibility index (Phi) is 4.42. The zero-order chi connectivity index (χ0) is 15.6. The summed E-state index contributed by atoms with van der Waals surface area (Å²) in [5.74, 6) is -0.430. The smallest absolute Gasteiger partial charge is 0.377 e. The number of hydrogen-bond acceptors (Lipinski definition) is 1. The van der Waals surface area contributed by atoms with Gasteiger partial charge in [-0.25, -0.2) is 4.39 Å². The van der Waals surface area contributed by atoms with E-state index < -0.39 is 23.6 Å². The van der Waals surface area contributed by atoms with Crippen LogP contribution >= 0.6 is 11.6 Å². The Morgan fingerprint density at radius 2 is 1.76 bits per heavy atom. The topological polar surface area (TPSA) is 12.0 Å². The number of alkyl halides is 3. The molecule has 1 N–H and O–H groups in total. The van der Waals surface area contributed by atoms with Crippen molar-refractivity contribution in [3.8, 4) is 0 Å². The van der Waals surface area contributed by atoms with Crippen molar-refractivity contribution in [1.29, 1.82) is 0 Å². The Morgan fingerprint density at radius 3 is 2.38 bits per heavy atom. The first-order valence-electron chi connectivity index (χ1n) is 6.16. The minimum atomic E-state index is -4.46. The van der Waals surface area contributed by atoms with Crippen LogP contribution in [0.4, 0.5) is 23.2 Å². The van der Waals surface area contributed by atoms with Gasteiger partial charge in [0.2, 0.25) is 0 Å². The van der Waals surface area contributed by atoms with Gasteiger partial charge in [-0.05, 0) is 31.2 Å². The van der Waals surface area contributed by atoms with Crippen LogP contribution in [0.3, 0.4) is 0 Å².